The average Bonchev–Trinajstić information content (AvgIpc) is 2.47. The van der Waals surface area contributed by atoms with Crippen molar-refractivity contribution in [3.63, 3.8) is 0 Å². The van der Waals surface area contributed by atoms with E-state index in [1.165, 1.54) is 0 Å². The highest BCUT2D eigenvalue weighted by atomic mass is 16.4. The SMILES string of the molecule is CNCC(=O)N1CCC(C(=O)O)C1C. The van der Waals surface area contributed by atoms with E-state index in [0.29, 0.717) is 13.0 Å². The van der Waals surface area contributed by atoms with E-state index in [-0.39, 0.29) is 18.5 Å². The number of carbonyl (C=O) groups is 2. The molecule has 0 aromatic carbocycles. The molecule has 0 aliphatic carbocycles. The number of carboxylic acids is 1. The number of nitrogens with zero attached hydrogens (tertiary/aromatic N) is 1. The Bertz CT molecular complexity index is 242. The second-order valence-corrected chi connectivity index (χ2v) is 3.59. The zero-order chi connectivity index (χ0) is 10.7. The van der Waals surface area contributed by atoms with Crippen LogP contribution in [0.2, 0.25) is 0 Å². The largest absolute Gasteiger partial charge is 0.481 e. The molecule has 1 amide bonds. The van der Waals surface area contributed by atoms with Crippen LogP contribution in [0.4, 0.5) is 0 Å². The fourth-order valence-electron chi connectivity index (χ4n) is 1.87. The van der Waals surface area contributed by atoms with E-state index in [9.17, 15) is 9.59 Å². The molecule has 1 rings (SSSR count). The molecule has 2 N–H and O–H groups in total. The molecule has 2 atom stereocenters. The van der Waals surface area contributed by atoms with Crippen molar-refractivity contribution >= 4 is 11.9 Å². The first-order valence-electron chi connectivity index (χ1n) is 4.74. The van der Waals surface area contributed by atoms with Crippen molar-refractivity contribution in [3.05, 3.63) is 0 Å². The number of hydrogen-bond donors (Lipinski definition) is 2. The minimum atomic E-state index is -0.808. The maximum absolute atomic E-state index is 11.5. The van der Waals surface area contributed by atoms with Gasteiger partial charge in [0.2, 0.25) is 5.91 Å². The van der Waals surface area contributed by atoms with Crippen LogP contribution >= 0.6 is 0 Å². The predicted molar refractivity (Wildman–Crippen MR) is 50.8 cm³/mol. The molecule has 5 nitrogen and oxygen atoms in total. The lowest BCUT2D eigenvalue weighted by molar-refractivity contribution is -0.142. The number of likely N-dealkylation sites (N-methyl/N-ethyl adjacent to an activating group) is 1. The van der Waals surface area contributed by atoms with Crippen LogP contribution in [0.1, 0.15) is 13.3 Å². The third kappa shape index (κ3) is 2.04. The van der Waals surface area contributed by atoms with Gasteiger partial charge in [-0.25, -0.2) is 0 Å². The van der Waals surface area contributed by atoms with E-state index < -0.39 is 11.9 Å². The summed E-state index contributed by atoms with van der Waals surface area (Å²) in [5, 5.41) is 11.6. The standard InChI is InChI=1S/C9H16N2O3/c1-6-7(9(13)14)3-4-11(6)8(12)5-10-2/h6-7,10H,3-5H2,1-2H3,(H,13,14). The van der Waals surface area contributed by atoms with E-state index in [4.69, 9.17) is 5.11 Å². The summed E-state index contributed by atoms with van der Waals surface area (Å²) in [5.74, 6) is -1.24. The monoisotopic (exact) mass is 200 g/mol. The Morgan fingerprint density at radius 2 is 2.21 bits per heavy atom. The van der Waals surface area contributed by atoms with Crippen LogP contribution < -0.4 is 5.32 Å². The summed E-state index contributed by atoms with van der Waals surface area (Å²) in [4.78, 5) is 23.9. The maximum Gasteiger partial charge on any atom is 0.308 e. The van der Waals surface area contributed by atoms with Crippen molar-refractivity contribution in [1.82, 2.24) is 10.2 Å². The van der Waals surface area contributed by atoms with E-state index in [2.05, 4.69) is 5.32 Å². The van der Waals surface area contributed by atoms with Crippen molar-refractivity contribution in [2.75, 3.05) is 20.1 Å². The van der Waals surface area contributed by atoms with Gasteiger partial charge in [0.15, 0.2) is 0 Å². The maximum atomic E-state index is 11.5. The van der Waals surface area contributed by atoms with Gasteiger partial charge >= 0.3 is 5.97 Å². The lowest BCUT2D eigenvalue weighted by Crippen LogP contribution is -2.41. The highest BCUT2D eigenvalue weighted by molar-refractivity contribution is 5.80. The van der Waals surface area contributed by atoms with Gasteiger partial charge in [-0.3, -0.25) is 9.59 Å². The van der Waals surface area contributed by atoms with Crippen LogP contribution in [0.25, 0.3) is 0 Å². The van der Waals surface area contributed by atoms with Crippen molar-refractivity contribution in [3.8, 4) is 0 Å². The number of carboxylic acid groups (broad SMARTS) is 1. The zero-order valence-electron chi connectivity index (χ0n) is 8.49. The summed E-state index contributed by atoms with van der Waals surface area (Å²) in [5.41, 5.74) is 0. The molecule has 1 aliphatic rings. The molecule has 1 fully saturated rings. The van der Waals surface area contributed by atoms with Crippen LogP contribution in [-0.4, -0.2) is 48.1 Å². The van der Waals surface area contributed by atoms with Crippen LogP contribution in [0.5, 0.6) is 0 Å². The summed E-state index contributed by atoms with van der Waals surface area (Å²) in [6, 6.07) is -0.187. The molecular weight excluding hydrogens is 184 g/mol. The van der Waals surface area contributed by atoms with Gasteiger partial charge in [0.05, 0.1) is 12.5 Å². The van der Waals surface area contributed by atoms with Crippen LogP contribution in [-0.2, 0) is 9.59 Å². The summed E-state index contributed by atoms with van der Waals surface area (Å²) in [6.45, 7) is 2.62. The molecule has 0 saturated carbocycles. The third-order valence-electron chi connectivity index (χ3n) is 2.72. The molecule has 14 heavy (non-hydrogen) atoms. The molecule has 5 heteroatoms. The Morgan fingerprint density at radius 1 is 1.57 bits per heavy atom. The molecular formula is C9H16N2O3. The quantitative estimate of drug-likeness (QED) is 0.646. The van der Waals surface area contributed by atoms with Gasteiger partial charge in [-0.05, 0) is 20.4 Å². The minimum Gasteiger partial charge on any atom is -0.481 e. The average molecular weight is 200 g/mol. The Labute approximate surface area is 83.1 Å². The zero-order valence-corrected chi connectivity index (χ0v) is 8.49. The highest BCUT2D eigenvalue weighted by Crippen LogP contribution is 2.23. The van der Waals surface area contributed by atoms with Gasteiger partial charge in [0.25, 0.3) is 0 Å². The van der Waals surface area contributed by atoms with Crippen molar-refractivity contribution in [1.29, 1.82) is 0 Å². The van der Waals surface area contributed by atoms with Crippen molar-refractivity contribution < 1.29 is 14.7 Å². The second-order valence-electron chi connectivity index (χ2n) is 3.59. The number of amides is 1. The number of likely N-dealkylation sites (tertiary alicyclic amines) is 1. The first kappa shape index (κ1) is 11.0. The summed E-state index contributed by atoms with van der Waals surface area (Å²) < 4.78 is 0. The van der Waals surface area contributed by atoms with E-state index >= 15 is 0 Å². The fraction of sp³-hybridized carbons (Fsp3) is 0.778. The van der Waals surface area contributed by atoms with Gasteiger partial charge in [-0.2, -0.15) is 0 Å². The number of carbonyl (C=O) groups excluding carboxylic acids is 1. The molecule has 80 valence electrons. The lowest BCUT2D eigenvalue weighted by atomic mass is 10.0. The van der Waals surface area contributed by atoms with Crippen LogP contribution in [0.15, 0.2) is 0 Å². The first-order chi connectivity index (χ1) is 6.57. The Morgan fingerprint density at radius 3 is 2.64 bits per heavy atom. The molecule has 0 radical (unpaired) electrons. The highest BCUT2D eigenvalue weighted by Gasteiger charge is 2.37. The number of hydrogen-bond acceptors (Lipinski definition) is 3. The molecule has 0 aromatic rings. The second kappa shape index (κ2) is 4.41. The Hall–Kier alpha value is -1.10. The molecule has 1 saturated heterocycles. The van der Waals surface area contributed by atoms with Gasteiger partial charge in [-0.15, -0.1) is 0 Å². The van der Waals surface area contributed by atoms with Gasteiger partial charge < -0.3 is 15.3 Å². The molecule has 2 unspecified atom stereocenters. The molecule has 0 bridgehead atoms. The Kier molecular flexibility index (Phi) is 3.46. The van der Waals surface area contributed by atoms with Crippen LogP contribution in [0.3, 0.4) is 0 Å². The third-order valence-corrected chi connectivity index (χ3v) is 2.72. The van der Waals surface area contributed by atoms with Gasteiger partial charge in [0.1, 0.15) is 0 Å². The van der Waals surface area contributed by atoms with Crippen molar-refractivity contribution in [2.24, 2.45) is 5.92 Å². The molecule has 0 spiro atoms. The van der Waals surface area contributed by atoms with Gasteiger partial charge in [0, 0.05) is 12.6 Å². The number of rotatable bonds is 3. The summed E-state index contributed by atoms with van der Waals surface area (Å²) in [6.07, 6.45) is 0.561. The predicted octanol–water partition coefficient (Wildman–Crippen LogP) is -0.473. The van der Waals surface area contributed by atoms with Crippen molar-refractivity contribution in [2.45, 2.75) is 19.4 Å². The molecule has 0 aromatic heterocycles. The first-order valence-corrected chi connectivity index (χ1v) is 4.74. The molecule has 1 heterocycles. The normalized spacial score (nSPS) is 26.6. The summed E-state index contributed by atoms with van der Waals surface area (Å²) >= 11 is 0. The fourth-order valence-corrected chi connectivity index (χ4v) is 1.87. The van der Waals surface area contributed by atoms with Gasteiger partial charge in [-0.1, -0.05) is 0 Å². The van der Waals surface area contributed by atoms with E-state index in [1.807, 2.05) is 0 Å². The number of aliphatic carboxylic acids is 1. The van der Waals surface area contributed by atoms with E-state index in [1.54, 1.807) is 18.9 Å². The topological polar surface area (TPSA) is 69.6 Å². The van der Waals surface area contributed by atoms with E-state index in [0.717, 1.165) is 0 Å². The van der Waals surface area contributed by atoms with Crippen LogP contribution in [0, 0.1) is 5.92 Å². The smallest absolute Gasteiger partial charge is 0.308 e. The Balaban J connectivity index is 2.59. The molecule has 1 aliphatic heterocycles. The summed E-state index contributed by atoms with van der Waals surface area (Å²) in [7, 11) is 1.70. The lowest BCUT2D eigenvalue weighted by Gasteiger charge is -2.23. The minimum absolute atomic E-state index is 0.0243. The number of nitrogens with one attached hydrogen (secondary N) is 1.